The smallest absolute Gasteiger partial charge is 0.306 e. The number of rotatable bonds is 8. The van der Waals surface area contributed by atoms with Gasteiger partial charge in [-0.15, -0.1) is 15.9 Å². The molecule has 232 valence electrons. The highest BCUT2D eigenvalue weighted by atomic mass is 32.3. The van der Waals surface area contributed by atoms with Crippen LogP contribution in [0.15, 0.2) is 53.6 Å². The number of carbonyl (C=O) groups is 1. The van der Waals surface area contributed by atoms with Crippen molar-refractivity contribution in [3.63, 3.8) is 0 Å². The van der Waals surface area contributed by atoms with Gasteiger partial charge in [0.05, 0.1) is 19.6 Å². The van der Waals surface area contributed by atoms with Crippen molar-refractivity contribution < 1.29 is 23.4 Å². The summed E-state index contributed by atoms with van der Waals surface area (Å²) < 4.78 is 38.4. The van der Waals surface area contributed by atoms with Crippen molar-refractivity contribution >= 4 is 33.6 Å². The van der Waals surface area contributed by atoms with Gasteiger partial charge in [0.15, 0.2) is 5.82 Å². The zero-order valence-corrected chi connectivity index (χ0v) is 26.0. The van der Waals surface area contributed by atoms with E-state index in [4.69, 9.17) is 9.47 Å². The van der Waals surface area contributed by atoms with Gasteiger partial charge in [-0.3, -0.25) is 13.9 Å². The molecule has 2 fully saturated rings. The van der Waals surface area contributed by atoms with E-state index in [0.717, 1.165) is 60.0 Å². The molecule has 7 rings (SSSR count). The summed E-state index contributed by atoms with van der Waals surface area (Å²) in [5, 5.41) is 8.59. The third kappa shape index (κ3) is 5.29. The van der Waals surface area contributed by atoms with Gasteiger partial charge >= 0.3 is 5.97 Å². The number of nitrogens with zero attached hydrogens (tertiary/aromatic N) is 6. The molecule has 44 heavy (non-hydrogen) atoms. The number of esters is 1. The van der Waals surface area contributed by atoms with Crippen molar-refractivity contribution in [3.8, 4) is 5.75 Å². The number of anilines is 1. The molecular formula is C32H38N6O5S. The van der Waals surface area contributed by atoms with Crippen LogP contribution in [-0.2, 0) is 23.1 Å². The van der Waals surface area contributed by atoms with Crippen molar-refractivity contribution in [2.75, 3.05) is 25.1 Å². The molecule has 1 saturated carbocycles. The van der Waals surface area contributed by atoms with Crippen LogP contribution >= 0.6 is 10.8 Å². The molecule has 0 bridgehead atoms. The Bertz CT molecular complexity index is 1720. The summed E-state index contributed by atoms with van der Waals surface area (Å²) in [5.74, 6) is 0.717. The lowest BCUT2D eigenvalue weighted by atomic mass is 9.86. The average molecular weight is 619 g/mol. The second-order valence-corrected chi connectivity index (χ2v) is 14.1. The van der Waals surface area contributed by atoms with Crippen molar-refractivity contribution in [2.45, 2.75) is 68.5 Å². The van der Waals surface area contributed by atoms with Gasteiger partial charge < -0.3 is 14.4 Å². The molecule has 2 aliphatic heterocycles. The van der Waals surface area contributed by atoms with E-state index in [-0.39, 0.29) is 30.5 Å². The van der Waals surface area contributed by atoms with Crippen LogP contribution in [0.5, 0.6) is 5.75 Å². The van der Waals surface area contributed by atoms with Crippen molar-refractivity contribution in [1.82, 2.24) is 24.3 Å². The van der Waals surface area contributed by atoms with Crippen LogP contribution in [-0.4, -0.2) is 71.7 Å². The molecule has 2 aromatic heterocycles. The molecule has 0 radical (unpaired) electrons. The Morgan fingerprint density at radius 1 is 1.14 bits per heavy atom. The Kier molecular flexibility index (Phi) is 7.48. The number of benzene rings is 2. The maximum absolute atomic E-state index is 12.8. The topological polar surface area (TPSA) is 126 Å². The average Bonchev–Trinajstić information content (AvgIpc) is 3.59. The first-order valence-corrected chi connectivity index (χ1v) is 16.6. The molecule has 2 aromatic carbocycles. The second kappa shape index (κ2) is 11.3. The standard InChI is InChI=1S/C32H38N6O5S/c1-20-8-9-21(14-23(20)18-37-19-24-6-5-13-38(24)32-29(44(37,40)41)7-4-12-33-32)26(17-30(39)42-3)22-15-27-31(36(2)35-34-27)28(16-22)43-25-10-11-25/h4,7-9,12,14-16,24-26,40-41H,5-6,10-11,13,17-19H2,1-3H3/t24-,26?/m1/s1. The van der Waals surface area contributed by atoms with E-state index in [1.807, 2.05) is 42.5 Å². The van der Waals surface area contributed by atoms with Crippen LogP contribution in [0, 0.1) is 6.92 Å². The quantitative estimate of drug-likeness (QED) is 0.247. The first kappa shape index (κ1) is 29.0. The van der Waals surface area contributed by atoms with Crippen LogP contribution in [0.25, 0.3) is 11.0 Å². The van der Waals surface area contributed by atoms with Crippen LogP contribution in [0.1, 0.15) is 60.3 Å². The van der Waals surface area contributed by atoms with E-state index >= 15 is 0 Å². The SMILES string of the molecule is COC(=O)CC(c1ccc(C)c(CN2C[C@H]3CCCN3c3ncccc3S2(O)O)c1)c1cc(OC2CC2)c2c(c1)nnn2C. The van der Waals surface area contributed by atoms with E-state index in [1.165, 1.54) is 7.11 Å². The van der Waals surface area contributed by atoms with E-state index in [2.05, 4.69) is 26.3 Å². The number of hydrogen-bond acceptors (Lipinski definition) is 10. The minimum absolute atomic E-state index is 0.128. The third-order valence-electron chi connectivity index (χ3n) is 9.10. The zero-order valence-electron chi connectivity index (χ0n) is 25.2. The summed E-state index contributed by atoms with van der Waals surface area (Å²) in [4.78, 5) is 20.0. The molecule has 0 amide bonds. The Hall–Kier alpha value is -3.71. The maximum Gasteiger partial charge on any atom is 0.306 e. The van der Waals surface area contributed by atoms with Gasteiger partial charge in [-0.1, -0.05) is 23.4 Å². The molecule has 2 atom stereocenters. The Labute approximate surface area is 258 Å². The fourth-order valence-electron chi connectivity index (χ4n) is 6.53. The number of aromatic nitrogens is 4. The normalized spacial score (nSPS) is 20.9. The maximum atomic E-state index is 12.8. The monoisotopic (exact) mass is 618 g/mol. The largest absolute Gasteiger partial charge is 0.488 e. The number of fused-ring (bicyclic) bond motifs is 4. The third-order valence-corrected chi connectivity index (χ3v) is 11.0. The van der Waals surface area contributed by atoms with Gasteiger partial charge in [-0.05, 0) is 79.1 Å². The number of methoxy groups -OCH3 is 1. The molecule has 4 aromatic rings. The lowest BCUT2D eigenvalue weighted by molar-refractivity contribution is -0.140. The van der Waals surface area contributed by atoms with E-state index in [0.29, 0.717) is 35.1 Å². The number of hydrogen-bond donors (Lipinski definition) is 2. The van der Waals surface area contributed by atoms with E-state index in [1.54, 1.807) is 23.0 Å². The molecule has 1 aliphatic carbocycles. The Morgan fingerprint density at radius 3 is 2.77 bits per heavy atom. The summed E-state index contributed by atoms with van der Waals surface area (Å²) in [6, 6.07) is 13.8. The summed E-state index contributed by atoms with van der Waals surface area (Å²) in [7, 11) is -0.0507. The zero-order chi connectivity index (χ0) is 30.6. The first-order valence-electron chi connectivity index (χ1n) is 15.1. The van der Waals surface area contributed by atoms with Crippen LogP contribution < -0.4 is 9.64 Å². The summed E-state index contributed by atoms with van der Waals surface area (Å²) in [6.07, 6.45) is 6.06. The molecule has 2 N–H and O–H groups in total. The summed E-state index contributed by atoms with van der Waals surface area (Å²) >= 11 is 0. The molecule has 0 spiro atoms. The number of pyridine rings is 1. The minimum Gasteiger partial charge on any atom is -0.488 e. The highest BCUT2D eigenvalue weighted by molar-refractivity contribution is 8.22. The highest BCUT2D eigenvalue weighted by Crippen LogP contribution is 2.58. The van der Waals surface area contributed by atoms with Crippen LogP contribution in [0.3, 0.4) is 0 Å². The second-order valence-electron chi connectivity index (χ2n) is 12.1. The highest BCUT2D eigenvalue weighted by Gasteiger charge is 2.40. The number of ether oxygens (including phenoxy) is 2. The van der Waals surface area contributed by atoms with Gasteiger partial charge in [-0.2, -0.15) is 4.31 Å². The molecule has 11 nitrogen and oxygen atoms in total. The van der Waals surface area contributed by atoms with Gasteiger partial charge in [0.1, 0.15) is 21.7 Å². The number of carbonyl (C=O) groups excluding carboxylic acids is 1. The minimum atomic E-state index is -3.30. The lowest BCUT2D eigenvalue weighted by Gasteiger charge is -2.42. The van der Waals surface area contributed by atoms with Crippen molar-refractivity contribution in [2.24, 2.45) is 7.05 Å². The van der Waals surface area contributed by atoms with E-state index < -0.39 is 10.8 Å². The van der Waals surface area contributed by atoms with Crippen LogP contribution in [0.2, 0.25) is 0 Å². The van der Waals surface area contributed by atoms with E-state index in [9.17, 15) is 13.9 Å². The van der Waals surface area contributed by atoms with Gasteiger partial charge in [0, 0.05) is 44.8 Å². The molecule has 1 unspecified atom stereocenters. The predicted molar refractivity (Wildman–Crippen MR) is 168 cm³/mol. The fourth-order valence-corrected chi connectivity index (χ4v) is 8.18. The molecule has 1 saturated heterocycles. The molecule has 12 heteroatoms. The van der Waals surface area contributed by atoms with Crippen LogP contribution in [0.4, 0.5) is 5.82 Å². The Balaban J connectivity index is 1.27. The van der Waals surface area contributed by atoms with Gasteiger partial charge in [-0.25, -0.2) is 9.67 Å². The van der Waals surface area contributed by atoms with Crippen molar-refractivity contribution in [3.05, 3.63) is 70.9 Å². The molecular weight excluding hydrogens is 580 g/mol. The first-order chi connectivity index (χ1) is 21.2. The van der Waals surface area contributed by atoms with Crippen molar-refractivity contribution in [1.29, 1.82) is 0 Å². The molecule has 3 aliphatic rings. The predicted octanol–water partition coefficient (Wildman–Crippen LogP) is 5.42. The number of aryl methyl sites for hydroxylation is 2. The summed E-state index contributed by atoms with van der Waals surface area (Å²) in [6.45, 7) is 3.73. The summed E-state index contributed by atoms with van der Waals surface area (Å²) in [5.41, 5.74) is 5.33. The lowest BCUT2D eigenvalue weighted by Crippen LogP contribution is -2.38. The van der Waals surface area contributed by atoms with Gasteiger partial charge in [0.25, 0.3) is 0 Å². The Morgan fingerprint density at radius 2 is 1.98 bits per heavy atom. The fraction of sp³-hybridized carbons (Fsp3) is 0.438. The molecule has 4 heterocycles. The van der Waals surface area contributed by atoms with Gasteiger partial charge in [0.2, 0.25) is 0 Å².